The van der Waals surface area contributed by atoms with E-state index in [-0.39, 0.29) is 5.91 Å². The van der Waals surface area contributed by atoms with Crippen LogP contribution in [-0.2, 0) is 11.8 Å². The van der Waals surface area contributed by atoms with Crippen LogP contribution in [-0.4, -0.2) is 66.2 Å². The van der Waals surface area contributed by atoms with Gasteiger partial charge in [0.05, 0.1) is 23.4 Å². The summed E-state index contributed by atoms with van der Waals surface area (Å²) in [5, 5.41) is 2.09. The Morgan fingerprint density at radius 1 is 1.32 bits per heavy atom. The van der Waals surface area contributed by atoms with Crippen molar-refractivity contribution in [2.75, 3.05) is 45.9 Å². The molecule has 4 rings (SSSR count). The molecule has 1 aliphatic heterocycles. The summed E-state index contributed by atoms with van der Waals surface area (Å²) in [6.45, 7) is 6.42. The second-order valence-electron chi connectivity index (χ2n) is 7.97. The van der Waals surface area contributed by atoms with E-state index in [1.54, 1.807) is 11.3 Å². The Morgan fingerprint density at radius 3 is 2.93 bits per heavy atom. The lowest BCUT2D eigenvalue weighted by atomic mass is 9.94. The average molecular weight is 402 g/mol. The zero-order chi connectivity index (χ0) is 19.3. The van der Waals surface area contributed by atoms with Crippen LogP contribution in [0.1, 0.15) is 36.2 Å². The molecular formula is C22H31N3O2S. The molecule has 0 radical (unpaired) electrons. The van der Waals surface area contributed by atoms with E-state index in [9.17, 15) is 4.79 Å². The van der Waals surface area contributed by atoms with Crippen molar-refractivity contribution in [3.8, 4) is 0 Å². The maximum atomic E-state index is 13.4. The van der Waals surface area contributed by atoms with Crippen molar-refractivity contribution in [1.29, 1.82) is 0 Å². The Kier molecular flexibility index (Phi) is 6.50. The fourth-order valence-electron chi connectivity index (χ4n) is 4.34. The molecule has 6 heteroatoms. The largest absolute Gasteiger partial charge is 0.379 e. The lowest BCUT2D eigenvalue weighted by Gasteiger charge is -2.30. The van der Waals surface area contributed by atoms with Crippen molar-refractivity contribution in [3.63, 3.8) is 0 Å². The smallest absolute Gasteiger partial charge is 0.270 e. The molecule has 2 aliphatic rings. The van der Waals surface area contributed by atoms with Crippen LogP contribution in [0.2, 0.25) is 0 Å². The highest BCUT2D eigenvalue weighted by Gasteiger charge is 2.24. The van der Waals surface area contributed by atoms with Gasteiger partial charge in [-0.2, -0.15) is 0 Å². The van der Waals surface area contributed by atoms with E-state index in [4.69, 9.17) is 4.74 Å². The summed E-state index contributed by atoms with van der Waals surface area (Å²) < 4.78 is 8.70. The number of fused-ring (bicyclic) bond motifs is 1. The van der Waals surface area contributed by atoms with Crippen molar-refractivity contribution < 1.29 is 9.53 Å². The zero-order valence-corrected chi connectivity index (χ0v) is 17.6. The number of morpholine rings is 1. The van der Waals surface area contributed by atoms with Crippen molar-refractivity contribution >= 4 is 27.5 Å². The summed E-state index contributed by atoms with van der Waals surface area (Å²) in [7, 11) is 2.01. The summed E-state index contributed by atoms with van der Waals surface area (Å²) in [6.07, 6.45) is 8.99. The van der Waals surface area contributed by atoms with Gasteiger partial charge in [-0.3, -0.25) is 9.69 Å². The van der Waals surface area contributed by atoms with Crippen LogP contribution < -0.4 is 0 Å². The number of thiophene rings is 1. The number of carbonyl (C=O) groups excluding carboxylic acids is 1. The van der Waals surface area contributed by atoms with Gasteiger partial charge in [0, 0.05) is 39.8 Å². The summed E-state index contributed by atoms with van der Waals surface area (Å²) >= 11 is 1.70. The van der Waals surface area contributed by atoms with E-state index in [0.29, 0.717) is 5.92 Å². The SMILES string of the molecule is Cn1c(C(=O)N(CCCN2CCOCC2)CC2CC=CCC2)cc2sccc21. The van der Waals surface area contributed by atoms with Crippen LogP contribution in [0, 0.1) is 5.92 Å². The molecule has 1 unspecified atom stereocenters. The highest BCUT2D eigenvalue weighted by atomic mass is 32.1. The van der Waals surface area contributed by atoms with Crippen molar-refractivity contribution in [1.82, 2.24) is 14.4 Å². The number of aryl methyl sites for hydroxylation is 1. The third kappa shape index (κ3) is 4.50. The van der Waals surface area contributed by atoms with E-state index >= 15 is 0 Å². The number of hydrogen-bond acceptors (Lipinski definition) is 4. The summed E-state index contributed by atoms with van der Waals surface area (Å²) in [5.74, 6) is 0.765. The molecule has 1 aliphatic carbocycles. The monoisotopic (exact) mass is 401 g/mol. The van der Waals surface area contributed by atoms with Gasteiger partial charge >= 0.3 is 0 Å². The predicted molar refractivity (Wildman–Crippen MR) is 115 cm³/mol. The Bertz CT molecular complexity index is 819. The lowest BCUT2D eigenvalue weighted by molar-refractivity contribution is 0.0353. The number of allylic oxidation sites excluding steroid dienone is 2. The first-order valence-corrected chi connectivity index (χ1v) is 11.4. The first-order valence-electron chi connectivity index (χ1n) is 10.5. The third-order valence-corrected chi connectivity index (χ3v) is 6.89. The Labute approximate surface area is 171 Å². The molecule has 0 saturated carbocycles. The highest BCUT2D eigenvalue weighted by molar-refractivity contribution is 7.17. The summed E-state index contributed by atoms with van der Waals surface area (Å²) in [5.41, 5.74) is 1.97. The fraction of sp³-hybridized carbons (Fsp3) is 0.591. The van der Waals surface area contributed by atoms with Crippen LogP contribution in [0.5, 0.6) is 0 Å². The molecule has 0 bridgehead atoms. The molecule has 2 aromatic heterocycles. The van der Waals surface area contributed by atoms with Gasteiger partial charge in [0.15, 0.2) is 0 Å². The van der Waals surface area contributed by atoms with Gasteiger partial charge in [0.25, 0.3) is 5.91 Å². The fourth-order valence-corrected chi connectivity index (χ4v) is 5.19. The standard InChI is InChI=1S/C22H31N3O2S/c1-23-19-8-15-28-21(19)16-20(23)22(26)25(17-18-6-3-2-4-7-18)10-5-9-24-11-13-27-14-12-24/h2-3,8,15-16,18H,4-7,9-14,17H2,1H3. The van der Waals surface area contributed by atoms with Gasteiger partial charge in [0.1, 0.15) is 5.69 Å². The second-order valence-corrected chi connectivity index (χ2v) is 8.92. The molecule has 0 spiro atoms. The lowest BCUT2D eigenvalue weighted by Crippen LogP contribution is -2.41. The molecule has 1 saturated heterocycles. The van der Waals surface area contributed by atoms with Crippen molar-refractivity contribution in [2.45, 2.75) is 25.7 Å². The molecular weight excluding hydrogens is 370 g/mol. The number of carbonyl (C=O) groups is 1. The first-order chi connectivity index (χ1) is 13.7. The van der Waals surface area contributed by atoms with E-state index in [2.05, 4.69) is 44.0 Å². The Balaban J connectivity index is 1.44. The van der Waals surface area contributed by atoms with Crippen LogP contribution >= 0.6 is 11.3 Å². The summed E-state index contributed by atoms with van der Waals surface area (Å²) in [6, 6.07) is 4.17. The van der Waals surface area contributed by atoms with Gasteiger partial charge in [-0.25, -0.2) is 0 Å². The number of amides is 1. The van der Waals surface area contributed by atoms with E-state index in [1.807, 2.05) is 7.05 Å². The molecule has 3 heterocycles. The molecule has 1 amide bonds. The Hall–Kier alpha value is -1.63. The van der Waals surface area contributed by atoms with Gasteiger partial charge in [-0.15, -0.1) is 11.3 Å². The number of hydrogen-bond donors (Lipinski definition) is 0. The maximum absolute atomic E-state index is 13.4. The zero-order valence-electron chi connectivity index (χ0n) is 16.8. The van der Waals surface area contributed by atoms with Crippen molar-refractivity contribution in [3.05, 3.63) is 35.4 Å². The quantitative estimate of drug-likeness (QED) is 0.663. The minimum Gasteiger partial charge on any atom is -0.379 e. The normalized spacial score (nSPS) is 20.7. The number of aromatic nitrogens is 1. The number of rotatable bonds is 7. The summed E-state index contributed by atoms with van der Waals surface area (Å²) in [4.78, 5) is 18.0. The molecule has 0 aromatic carbocycles. The molecule has 152 valence electrons. The van der Waals surface area contributed by atoms with E-state index in [1.165, 1.54) is 11.1 Å². The number of ether oxygens (including phenoxy) is 1. The van der Waals surface area contributed by atoms with Crippen LogP contribution in [0.15, 0.2) is 29.7 Å². The second kappa shape index (κ2) is 9.25. The maximum Gasteiger partial charge on any atom is 0.270 e. The van der Waals surface area contributed by atoms with Gasteiger partial charge in [-0.1, -0.05) is 12.2 Å². The topological polar surface area (TPSA) is 37.7 Å². The predicted octanol–water partition coefficient (Wildman–Crippen LogP) is 3.76. The highest BCUT2D eigenvalue weighted by Crippen LogP contribution is 2.26. The average Bonchev–Trinajstić information content (AvgIpc) is 3.31. The van der Waals surface area contributed by atoms with Gasteiger partial charge in [0.2, 0.25) is 0 Å². The first kappa shape index (κ1) is 19.7. The molecule has 5 nitrogen and oxygen atoms in total. The minimum atomic E-state index is 0.183. The van der Waals surface area contributed by atoms with E-state index in [0.717, 1.165) is 76.4 Å². The van der Waals surface area contributed by atoms with Crippen LogP contribution in [0.3, 0.4) is 0 Å². The molecule has 1 fully saturated rings. The van der Waals surface area contributed by atoms with Gasteiger partial charge < -0.3 is 14.2 Å². The molecule has 1 atom stereocenters. The molecule has 0 N–H and O–H groups in total. The van der Waals surface area contributed by atoms with E-state index < -0.39 is 0 Å². The van der Waals surface area contributed by atoms with Crippen LogP contribution in [0.25, 0.3) is 10.2 Å². The van der Waals surface area contributed by atoms with Crippen LogP contribution in [0.4, 0.5) is 0 Å². The Morgan fingerprint density at radius 2 is 2.18 bits per heavy atom. The third-order valence-electron chi connectivity index (χ3n) is 6.03. The molecule has 2 aromatic rings. The van der Waals surface area contributed by atoms with Gasteiger partial charge in [-0.05, 0) is 49.1 Å². The molecule has 28 heavy (non-hydrogen) atoms. The minimum absolute atomic E-state index is 0.183. The number of nitrogens with zero attached hydrogens (tertiary/aromatic N) is 3. The van der Waals surface area contributed by atoms with Crippen molar-refractivity contribution in [2.24, 2.45) is 13.0 Å².